The molecular formula is C17H17LiN6O2. The van der Waals surface area contributed by atoms with Gasteiger partial charge in [-0.25, -0.2) is 15.0 Å². The Bertz CT molecular complexity index is 908. The van der Waals surface area contributed by atoms with Gasteiger partial charge in [-0.2, -0.15) is 0 Å². The first-order valence-electron chi connectivity index (χ1n) is 7.77. The standard InChI is InChI=1S/C17H18N6O2.Li/c1-10(2)23-11(3)19-9-15(23)13-6-7-18-17(22-13)21-12-4-5-14(16(24)25)20-8-12;/h4-10H,1-3H3,(H,24,25)(H,18,21,22);/q;+1/p-1. The van der Waals surface area contributed by atoms with Gasteiger partial charge in [-0.15, -0.1) is 0 Å². The summed E-state index contributed by atoms with van der Waals surface area (Å²) in [5, 5.41) is 13.7. The van der Waals surface area contributed by atoms with Crippen molar-refractivity contribution in [1.82, 2.24) is 24.5 Å². The largest absolute Gasteiger partial charge is 1.00 e. The van der Waals surface area contributed by atoms with Crippen LogP contribution < -0.4 is 29.3 Å². The van der Waals surface area contributed by atoms with Crippen LogP contribution in [0.25, 0.3) is 11.4 Å². The van der Waals surface area contributed by atoms with E-state index in [1.165, 1.54) is 12.3 Å². The number of anilines is 2. The van der Waals surface area contributed by atoms with E-state index in [9.17, 15) is 9.90 Å². The maximum atomic E-state index is 10.7. The summed E-state index contributed by atoms with van der Waals surface area (Å²) in [6, 6.07) is 5.01. The number of carbonyl (C=O) groups excluding carboxylic acids is 1. The van der Waals surface area contributed by atoms with Crippen LogP contribution in [-0.2, 0) is 0 Å². The molecule has 0 aliphatic heterocycles. The van der Waals surface area contributed by atoms with Gasteiger partial charge >= 0.3 is 18.9 Å². The van der Waals surface area contributed by atoms with Gasteiger partial charge in [-0.05, 0) is 39.0 Å². The molecule has 0 fully saturated rings. The molecule has 0 aliphatic rings. The van der Waals surface area contributed by atoms with Crippen molar-refractivity contribution in [3.63, 3.8) is 0 Å². The van der Waals surface area contributed by atoms with E-state index < -0.39 is 5.97 Å². The number of carboxylic acids is 1. The molecule has 0 unspecified atom stereocenters. The van der Waals surface area contributed by atoms with Crippen molar-refractivity contribution in [1.29, 1.82) is 0 Å². The van der Waals surface area contributed by atoms with Gasteiger partial charge in [0.2, 0.25) is 5.95 Å². The molecule has 1 N–H and O–H groups in total. The summed E-state index contributed by atoms with van der Waals surface area (Å²) in [6.07, 6.45) is 4.84. The number of carbonyl (C=O) groups is 1. The van der Waals surface area contributed by atoms with E-state index in [-0.39, 0.29) is 30.6 Å². The first-order chi connectivity index (χ1) is 12.0. The van der Waals surface area contributed by atoms with Gasteiger partial charge in [0.25, 0.3) is 0 Å². The van der Waals surface area contributed by atoms with Gasteiger partial charge in [0.1, 0.15) is 5.82 Å². The van der Waals surface area contributed by atoms with Crippen molar-refractivity contribution < 1.29 is 28.8 Å². The van der Waals surface area contributed by atoms with E-state index in [0.29, 0.717) is 11.6 Å². The number of hydrogen-bond acceptors (Lipinski definition) is 7. The number of aromatic nitrogens is 5. The summed E-state index contributed by atoms with van der Waals surface area (Å²) in [5.41, 5.74) is 2.10. The number of carboxylic acid groups (broad SMARTS) is 1. The average molecular weight is 344 g/mol. The van der Waals surface area contributed by atoms with Crippen LogP contribution in [0.1, 0.15) is 36.2 Å². The first kappa shape index (κ1) is 19.6. The topological polar surface area (TPSA) is 109 Å². The Hall–Kier alpha value is -2.69. The molecule has 0 aliphatic carbocycles. The fraction of sp³-hybridized carbons (Fsp3) is 0.235. The summed E-state index contributed by atoms with van der Waals surface area (Å²) >= 11 is 0. The van der Waals surface area contributed by atoms with Gasteiger partial charge in [0.15, 0.2) is 0 Å². The van der Waals surface area contributed by atoms with Crippen molar-refractivity contribution in [2.24, 2.45) is 0 Å². The molecule has 0 atom stereocenters. The molecular weight excluding hydrogens is 327 g/mol. The van der Waals surface area contributed by atoms with E-state index in [1.807, 2.05) is 13.0 Å². The zero-order valence-electron chi connectivity index (χ0n) is 15.1. The van der Waals surface area contributed by atoms with Crippen molar-refractivity contribution in [2.75, 3.05) is 5.32 Å². The van der Waals surface area contributed by atoms with Crippen molar-refractivity contribution in [3.8, 4) is 11.4 Å². The molecule has 0 aromatic carbocycles. The Morgan fingerprint density at radius 2 is 1.92 bits per heavy atom. The third kappa shape index (κ3) is 4.10. The predicted molar refractivity (Wildman–Crippen MR) is 90.2 cm³/mol. The van der Waals surface area contributed by atoms with Crippen molar-refractivity contribution in [2.45, 2.75) is 26.8 Å². The second-order valence-electron chi connectivity index (χ2n) is 5.76. The van der Waals surface area contributed by atoms with Crippen LogP contribution in [0.3, 0.4) is 0 Å². The fourth-order valence-electron chi connectivity index (χ4n) is 2.57. The normalized spacial score (nSPS) is 10.5. The minimum Gasteiger partial charge on any atom is -0.543 e. The number of nitrogens with one attached hydrogen (secondary N) is 1. The second kappa shape index (κ2) is 8.12. The van der Waals surface area contributed by atoms with Crippen molar-refractivity contribution in [3.05, 3.63) is 48.3 Å². The fourth-order valence-corrected chi connectivity index (χ4v) is 2.57. The number of aryl methyl sites for hydroxylation is 1. The summed E-state index contributed by atoms with van der Waals surface area (Å²) in [5.74, 6) is -0.0167. The van der Waals surface area contributed by atoms with E-state index >= 15 is 0 Å². The molecule has 128 valence electrons. The van der Waals surface area contributed by atoms with Crippen LogP contribution in [0.15, 0.2) is 36.8 Å². The number of aromatic carboxylic acids is 1. The quantitative estimate of drug-likeness (QED) is 0.575. The molecule has 0 radical (unpaired) electrons. The van der Waals surface area contributed by atoms with Crippen LogP contribution in [0, 0.1) is 6.92 Å². The Labute approximate surface area is 162 Å². The molecule has 3 aromatic rings. The molecule has 0 saturated heterocycles. The molecule has 8 nitrogen and oxygen atoms in total. The van der Waals surface area contributed by atoms with Crippen LogP contribution >= 0.6 is 0 Å². The molecule has 0 spiro atoms. The zero-order valence-corrected chi connectivity index (χ0v) is 15.1. The van der Waals surface area contributed by atoms with E-state index in [0.717, 1.165) is 17.2 Å². The zero-order chi connectivity index (χ0) is 18.0. The maximum absolute atomic E-state index is 10.7. The summed E-state index contributed by atoms with van der Waals surface area (Å²) in [6.45, 7) is 6.13. The predicted octanol–water partition coefficient (Wildman–Crippen LogP) is -1.26. The maximum Gasteiger partial charge on any atom is 1.00 e. The Balaban J connectivity index is 0.00000243. The van der Waals surface area contributed by atoms with Gasteiger partial charge in [0, 0.05) is 12.2 Å². The molecule has 3 aromatic heterocycles. The second-order valence-corrected chi connectivity index (χ2v) is 5.76. The smallest absolute Gasteiger partial charge is 0.543 e. The molecule has 0 saturated carbocycles. The number of pyridine rings is 1. The van der Waals surface area contributed by atoms with E-state index in [4.69, 9.17) is 0 Å². The molecule has 3 rings (SSSR count). The average Bonchev–Trinajstić information content (AvgIpc) is 2.97. The summed E-state index contributed by atoms with van der Waals surface area (Å²) < 4.78 is 2.10. The SMILES string of the molecule is Cc1ncc(-c2ccnc(Nc3ccc(C(=O)[O-])nc3)n2)n1C(C)C.[Li+]. The Morgan fingerprint density at radius 1 is 1.15 bits per heavy atom. The van der Waals surface area contributed by atoms with Crippen LogP contribution in [-0.4, -0.2) is 30.5 Å². The minimum atomic E-state index is -1.32. The van der Waals surface area contributed by atoms with Gasteiger partial charge < -0.3 is 19.8 Å². The van der Waals surface area contributed by atoms with Gasteiger partial charge in [-0.3, -0.25) is 4.98 Å². The molecule has 0 amide bonds. The Morgan fingerprint density at radius 3 is 2.54 bits per heavy atom. The molecule has 3 heterocycles. The number of rotatable bonds is 5. The molecule has 9 heteroatoms. The number of imidazole rings is 1. The molecule has 0 bridgehead atoms. The van der Waals surface area contributed by atoms with Gasteiger partial charge in [0.05, 0.1) is 41.1 Å². The van der Waals surface area contributed by atoms with E-state index in [1.54, 1.807) is 18.5 Å². The first-order valence-corrected chi connectivity index (χ1v) is 7.77. The summed E-state index contributed by atoms with van der Waals surface area (Å²) in [4.78, 5) is 27.6. The Kier molecular flexibility index (Phi) is 6.13. The minimum absolute atomic E-state index is 0. The summed E-state index contributed by atoms with van der Waals surface area (Å²) in [7, 11) is 0. The van der Waals surface area contributed by atoms with Crippen LogP contribution in [0.4, 0.5) is 11.6 Å². The molecule has 26 heavy (non-hydrogen) atoms. The number of nitrogens with zero attached hydrogens (tertiary/aromatic N) is 5. The monoisotopic (exact) mass is 344 g/mol. The van der Waals surface area contributed by atoms with Crippen LogP contribution in [0.2, 0.25) is 0 Å². The van der Waals surface area contributed by atoms with E-state index in [2.05, 4.69) is 43.7 Å². The van der Waals surface area contributed by atoms with Crippen LogP contribution in [0.5, 0.6) is 0 Å². The van der Waals surface area contributed by atoms with Gasteiger partial charge in [-0.1, -0.05) is 0 Å². The third-order valence-electron chi connectivity index (χ3n) is 3.65. The third-order valence-corrected chi connectivity index (χ3v) is 3.65. The van der Waals surface area contributed by atoms with Crippen molar-refractivity contribution >= 4 is 17.6 Å². The number of hydrogen-bond donors (Lipinski definition) is 1.